The van der Waals surface area contributed by atoms with Gasteiger partial charge in [-0.05, 0) is 0 Å². The molecule has 0 aromatic carbocycles. The molecule has 0 saturated heterocycles. The Kier molecular flexibility index (Phi) is 219. The van der Waals surface area contributed by atoms with Crippen molar-refractivity contribution in [2.45, 2.75) is 0 Å². The summed E-state index contributed by atoms with van der Waals surface area (Å²) in [6, 6.07) is 0. The molecule has 0 bridgehead atoms. The SMILES string of the molecule is O=C[O-].[Br-].[Br-].[Na+].[Zn+2]. The van der Waals surface area contributed by atoms with Gasteiger partial charge in [0.1, 0.15) is 0 Å². The molecular formula is CHBr2NaO2Zn. The van der Waals surface area contributed by atoms with Crippen LogP contribution in [0.1, 0.15) is 0 Å². The smallest absolute Gasteiger partial charge is 1.00 e. The Morgan fingerprint density at radius 3 is 1.29 bits per heavy atom. The number of hydrogen-bond acceptors (Lipinski definition) is 2. The fourth-order valence-electron chi connectivity index (χ4n) is 0. The average Bonchev–Trinajstić information content (AvgIpc) is 0.918. The van der Waals surface area contributed by atoms with Crippen LogP contribution in [0.5, 0.6) is 0 Å². The molecule has 0 saturated carbocycles. The summed E-state index contributed by atoms with van der Waals surface area (Å²) < 4.78 is 0. The minimum absolute atomic E-state index is 0. The van der Waals surface area contributed by atoms with Crippen LogP contribution in [0.4, 0.5) is 0 Å². The molecule has 0 spiro atoms. The van der Waals surface area contributed by atoms with E-state index < -0.39 is 6.47 Å². The molecule has 0 N–H and O–H groups in total. The molecule has 0 radical (unpaired) electrons. The normalized spacial score (nSPS) is 1.71. The van der Waals surface area contributed by atoms with E-state index >= 15 is 0 Å². The third-order valence-electron chi connectivity index (χ3n) is 0. The largest absolute Gasteiger partial charge is 2.00 e. The zero-order chi connectivity index (χ0) is 2.71. The van der Waals surface area contributed by atoms with Crippen LogP contribution >= 0.6 is 0 Å². The Balaban J connectivity index is -0.00000000333. The van der Waals surface area contributed by atoms with Gasteiger partial charge >= 0.3 is 49.0 Å². The number of hydrogen-bond donors (Lipinski definition) is 0. The van der Waals surface area contributed by atoms with Crippen molar-refractivity contribution in [3.8, 4) is 0 Å². The maximum absolute atomic E-state index is 8.25. The van der Waals surface area contributed by atoms with Gasteiger partial charge in [0, 0.05) is 6.47 Å². The maximum Gasteiger partial charge on any atom is 2.00 e. The van der Waals surface area contributed by atoms with E-state index in [0.29, 0.717) is 0 Å². The maximum atomic E-state index is 8.25. The monoisotopic (exact) mass is 290 g/mol. The second-order valence-corrected chi connectivity index (χ2v) is 0.0962. The summed E-state index contributed by atoms with van der Waals surface area (Å²) in [6.07, 6.45) is 0. The van der Waals surface area contributed by atoms with Crippen molar-refractivity contribution in [2.24, 2.45) is 0 Å². The van der Waals surface area contributed by atoms with Gasteiger partial charge in [0.25, 0.3) is 0 Å². The number of carbonyl (C=O) groups is 1. The van der Waals surface area contributed by atoms with Crippen LogP contribution in [0, 0.1) is 0 Å². The molecular weight excluding hydrogens is 292 g/mol. The molecule has 0 amide bonds. The summed E-state index contributed by atoms with van der Waals surface area (Å²) in [4.78, 5) is 8.25. The molecule has 0 aliphatic rings. The number of carboxylic acid groups (broad SMARTS) is 1. The second-order valence-electron chi connectivity index (χ2n) is 0.0962. The summed E-state index contributed by atoms with van der Waals surface area (Å²) in [7, 11) is 0. The van der Waals surface area contributed by atoms with Crippen LogP contribution in [0.3, 0.4) is 0 Å². The molecule has 0 atom stereocenters. The molecule has 0 heterocycles. The van der Waals surface area contributed by atoms with Gasteiger partial charge in [0.2, 0.25) is 0 Å². The van der Waals surface area contributed by atoms with Gasteiger partial charge in [-0.1, -0.05) is 0 Å². The van der Waals surface area contributed by atoms with E-state index in [1.54, 1.807) is 0 Å². The molecule has 0 unspecified atom stereocenters. The number of carbonyl (C=O) groups excluding carboxylic acids is 1. The van der Waals surface area contributed by atoms with Crippen molar-refractivity contribution in [1.82, 2.24) is 0 Å². The van der Waals surface area contributed by atoms with Crippen molar-refractivity contribution in [2.75, 3.05) is 0 Å². The van der Waals surface area contributed by atoms with Gasteiger partial charge in [-0.25, -0.2) is 0 Å². The summed E-state index contributed by atoms with van der Waals surface area (Å²) >= 11 is 0. The first-order valence-electron chi connectivity index (χ1n) is 0.471. The number of rotatable bonds is 0. The van der Waals surface area contributed by atoms with E-state index in [1.807, 2.05) is 0 Å². The van der Waals surface area contributed by atoms with Crippen LogP contribution in [-0.4, -0.2) is 6.47 Å². The summed E-state index contributed by atoms with van der Waals surface area (Å²) in [5.74, 6) is 0. The Morgan fingerprint density at radius 2 is 1.29 bits per heavy atom. The minimum Gasteiger partial charge on any atom is -1.00 e. The predicted molar refractivity (Wildman–Crippen MR) is 6.06 cm³/mol. The second kappa shape index (κ2) is 43.0. The van der Waals surface area contributed by atoms with Gasteiger partial charge in [0.05, 0.1) is 0 Å². The van der Waals surface area contributed by atoms with Gasteiger partial charge < -0.3 is 43.9 Å². The first-order valence-corrected chi connectivity index (χ1v) is 0.471. The van der Waals surface area contributed by atoms with Crippen LogP contribution in [-0.2, 0) is 24.3 Å². The predicted octanol–water partition coefficient (Wildman–Crippen LogP) is -10.6. The first-order chi connectivity index (χ1) is 1.41. The molecule has 0 aliphatic carbocycles. The van der Waals surface area contributed by atoms with E-state index in [2.05, 4.69) is 0 Å². The molecule has 34 valence electrons. The zero-order valence-corrected chi connectivity index (χ0v) is 12.0. The Bertz CT molecular complexity index is 23.2. The van der Waals surface area contributed by atoms with Gasteiger partial charge in [-0.15, -0.1) is 0 Å². The fraction of sp³-hybridized carbons (Fsp3) is 0. The standard InChI is InChI=1S/CH2O2.2BrH.Na.Zn/c2-1-3;;;;/h1H,(H,2,3);2*1H;;/q;;;+1;+2/p-3. The molecule has 0 aliphatic heterocycles. The van der Waals surface area contributed by atoms with E-state index in [1.165, 1.54) is 0 Å². The molecule has 6 heteroatoms. The Morgan fingerprint density at radius 1 is 1.29 bits per heavy atom. The minimum atomic E-state index is -0.500. The molecule has 0 aromatic heterocycles. The summed E-state index contributed by atoms with van der Waals surface area (Å²) in [5.41, 5.74) is 0. The topological polar surface area (TPSA) is 40.1 Å². The fourth-order valence-corrected chi connectivity index (χ4v) is 0. The van der Waals surface area contributed by atoms with Crippen molar-refractivity contribution < 1.29 is 92.9 Å². The van der Waals surface area contributed by atoms with E-state index in [4.69, 9.17) is 9.90 Å². The van der Waals surface area contributed by atoms with Crippen LogP contribution < -0.4 is 68.6 Å². The summed E-state index contributed by atoms with van der Waals surface area (Å²) in [5, 5.41) is 8.25. The molecule has 0 aromatic rings. The Labute approximate surface area is 98.0 Å². The van der Waals surface area contributed by atoms with Crippen molar-refractivity contribution in [1.29, 1.82) is 0 Å². The third-order valence-corrected chi connectivity index (χ3v) is 0. The number of halogens is 2. The van der Waals surface area contributed by atoms with Crippen molar-refractivity contribution in [3.63, 3.8) is 0 Å². The molecule has 2 nitrogen and oxygen atoms in total. The van der Waals surface area contributed by atoms with Crippen molar-refractivity contribution >= 4 is 6.47 Å². The molecule has 0 rings (SSSR count). The van der Waals surface area contributed by atoms with E-state index in [-0.39, 0.29) is 83.0 Å². The van der Waals surface area contributed by atoms with E-state index in [9.17, 15) is 0 Å². The van der Waals surface area contributed by atoms with Crippen molar-refractivity contribution in [3.05, 3.63) is 0 Å². The van der Waals surface area contributed by atoms with Gasteiger partial charge in [-0.2, -0.15) is 0 Å². The average molecular weight is 293 g/mol. The quantitative estimate of drug-likeness (QED) is 0.329. The summed E-state index contributed by atoms with van der Waals surface area (Å²) in [6.45, 7) is -0.500. The van der Waals surface area contributed by atoms with Gasteiger partial charge in [0.15, 0.2) is 0 Å². The van der Waals surface area contributed by atoms with Crippen LogP contribution in [0.2, 0.25) is 0 Å². The third kappa shape index (κ3) is 70.0. The molecule has 0 fully saturated rings. The first kappa shape index (κ1) is 35.7. The van der Waals surface area contributed by atoms with E-state index in [0.717, 1.165) is 0 Å². The molecule has 7 heavy (non-hydrogen) atoms. The van der Waals surface area contributed by atoms with Crippen LogP contribution in [0.25, 0.3) is 0 Å². The van der Waals surface area contributed by atoms with Crippen LogP contribution in [0.15, 0.2) is 0 Å². The zero-order valence-electron chi connectivity index (χ0n) is 3.86. The Hall–Kier alpha value is 2.05. The van der Waals surface area contributed by atoms with Gasteiger partial charge in [-0.3, -0.25) is 0 Å².